The summed E-state index contributed by atoms with van der Waals surface area (Å²) in [6, 6.07) is 15.6. The fourth-order valence-corrected chi connectivity index (χ4v) is 9.59. The molecule has 1 aliphatic heterocycles. The summed E-state index contributed by atoms with van der Waals surface area (Å²) in [5.74, 6) is 0.966. The van der Waals surface area contributed by atoms with Crippen molar-refractivity contribution >= 4 is 11.8 Å². The Morgan fingerprint density at radius 2 is 1.37 bits per heavy atom. The number of nitrogens with zero attached hydrogens (tertiary/aromatic N) is 1. The number of carbonyl (C=O) groups excluding carboxylic acids is 2. The highest BCUT2D eigenvalue weighted by molar-refractivity contribution is 6.00. The average molecular weight is 680 g/mol. The van der Waals surface area contributed by atoms with Crippen molar-refractivity contribution < 1.29 is 22.8 Å². The van der Waals surface area contributed by atoms with E-state index in [1.807, 2.05) is 48.5 Å². The Bertz CT molecular complexity index is 1360. The average Bonchev–Trinajstić information content (AvgIpc) is 3.38. The topological polar surface area (TPSA) is 61.4 Å². The first-order valence-electron chi connectivity index (χ1n) is 19.3. The maximum atomic E-state index is 13.8. The van der Waals surface area contributed by atoms with Gasteiger partial charge in [0.15, 0.2) is 0 Å². The van der Waals surface area contributed by atoms with E-state index in [9.17, 15) is 22.8 Å². The third-order valence-electron chi connectivity index (χ3n) is 12.1. The molecule has 6 rings (SSSR count). The Morgan fingerprint density at radius 3 is 2.08 bits per heavy atom. The summed E-state index contributed by atoms with van der Waals surface area (Å²) < 4.78 is 39.7. The van der Waals surface area contributed by atoms with Crippen LogP contribution in [0.25, 0.3) is 11.1 Å². The van der Waals surface area contributed by atoms with Gasteiger partial charge in [0.1, 0.15) is 12.0 Å². The van der Waals surface area contributed by atoms with Crippen LogP contribution in [0.5, 0.6) is 0 Å². The molecule has 2 aromatic carbocycles. The standard InChI is InChI=1S/C41H56F3N3O2/c42-41(43,44)29-45-39(49)40(35-21-8-6-19-33(35)34-20-7-9-22-36(34)40)26-12-10-15-30-14-4-5-18-32(25-24-30)46-38(48)37-23-11-13-27-47(37)28-31-16-2-1-3-17-31/h6-9,19-22,30-32,37H,1-5,10-18,23-29H2,(H,45,49)(H,46,48). The fourth-order valence-electron chi connectivity index (χ4n) is 9.59. The number of halogens is 3. The molecule has 1 heterocycles. The number of amides is 2. The second-order valence-electron chi connectivity index (χ2n) is 15.5. The van der Waals surface area contributed by atoms with E-state index in [2.05, 4.69) is 15.5 Å². The SMILES string of the molecule is O=C(NC1CCCCC(CCCCC2(C(=O)NCC(F)(F)F)c3ccccc3-c3ccccc32)CC1)C1CCCCN1CC1CCCCC1. The Hall–Kier alpha value is -2.87. The summed E-state index contributed by atoms with van der Waals surface area (Å²) >= 11 is 0. The highest BCUT2D eigenvalue weighted by Crippen LogP contribution is 2.51. The maximum Gasteiger partial charge on any atom is 0.405 e. The van der Waals surface area contributed by atoms with Gasteiger partial charge in [0.25, 0.3) is 0 Å². The van der Waals surface area contributed by atoms with Gasteiger partial charge in [0.2, 0.25) is 11.8 Å². The first-order chi connectivity index (χ1) is 23.7. The Morgan fingerprint density at radius 1 is 0.735 bits per heavy atom. The van der Waals surface area contributed by atoms with Gasteiger partial charge in [-0.15, -0.1) is 0 Å². The second kappa shape index (κ2) is 16.4. The highest BCUT2D eigenvalue weighted by Gasteiger charge is 2.49. The molecule has 0 aromatic heterocycles. The van der Waals surface area contributed by atoms with E-state index in [1.54, 1.807) is 0 Å². The van der Waals surface area contributed by atoms with Crippen LogP contribution in [-0.2, 0) is 15.0 Å². The molecule has 49 heavy (non-hydrogen) atoms. The van der Waals surface area contributed by atoms with Crippen molar-refractivity contribution in [3.63, 3.8) is 0 Å². The minimum Gasteiger partial charge on any atom is -0.352 e. The fraction of sp³-hybridized carbons (Fsp3) is 0.659. The molecule has 3 unspecified atom stereocenters. The van der Waals surface area contributed by atoms with Crippen molar-refractivity contribution in [2.45, 2.75) is 139 Å². The zero-order chi connectivity index (χ0) is 34.3. The van der Waals surface area contributed by atoms with Gasteiger partial charge >= 0.3 is 6.18 Å². The van der Waals surface area contributed by atoms with E-state index in [0.29, 0.717) is 12.3 Å². The van der Waals surface area contributed by atoms with E-state index in [-0.39, 0.29) is 18.0 Å². The van der Waals surface area contributed by atoms with Crippen LogP contribution in [0.1, 0.15) is 127 Å². The third kappa shape index (κ3) is 8.72. The number of piperidine rings is 1. The van der Waals surface area contributed by atoms with E-state index in [0.717, 1.165) is 105 Å². The summed E-state index contributed by atoms with van der Waals surface area (Å²) in [6.45, 7) is 0.786. The van der Waals surface area contributed by atoms with Crippen LogP contribution in [0.4, 0.5) is 13.2 Å². The minimum absolute atomic E-state index is 0.0171. The Kier molecular flexibility index (Phi) is 12.1. The number of hydrogen-bond acceptors (Lipinski definition) is 3. The van der Waals surface area contributed by atoms with Crippen LogP contribution in [0.3, 0.4) is 0 Å². The molecule has 8 heteroatoms. The van der Waals surface area contributed by atoms with Crippen molar-refractivity contribution in [1.29, 1.82) is 0 Å². The Labute approximate surface area is 291 Å². The van der Waals surface area contributed by atoms with Crippen molar-refractivity contribution in [3.05, 3.63) is 59.7 Å². The van der Waals surface area contributed by atoms with Crippen molar-refractivity contribution in [3.8, 4) is 11.1 Å². The van der Waals surface area contributed by atoms with Gasteiger partial charge in [-0.2, -0.15) is 13.2 Å². The number of carbonyl (C=O) groups is 2. The van der Waals surface area contributed by atoms with Crippen molar-refractivity contribution in [2.75, 3.05) is 19.6 Å². The van der Waals surface area contributed by atoms with Crippen molar-refractivity contribution in [2.24, 2.45) is 11.8 Å². The largest absolute Gasteiger partial charge is 0.405 e. The van der Waals surface area contributed by atoms with Crippen LogP contribution in [-0.4, -0.2) is 54.6 Å². The molecule has 3 fully saturated rings. The van der Waals surface area contributed by atoms with Crippen LogP contribution in [0.15, 0.2) is 48.5 Å². The van der Waals surface area contributed by atoms with E-state index >= 15 is 0 Å². The minimum atomic E-state index is -4.48. The van der Waals surface area contributed by atoms with Gasteiger partial charge in [0.05, 0.1) is 6.04 Å². The van der Waals surface area contributed by atoms with Gasteiger partial charge in [-0.05, 0) is 92.0 Å². The highest BCUT2D eigenvalue weighted by atomic mass is 19.4. The summed E-state index contributed by atoms with van der Waals surface area (Å²) in [5.41, 5.74) is 2.32. The lowest BCUT2D eigenvalue weighted by atomic mass is 9.73. The van der Waals surface area contributed by atoms with Crippen LogP contribution in [0.2, 0.25) is 0 Å². The third-order valence-corrected chi connectivity index (χ3v) is 12.1. The number of hydrogen-bond donors (Lipinski definition) is 2. The summed E-state index contributed by atoms with van der Waals surface area (Å²) in [4.78, 5) is 30.0. The van der Waals surface area contributed by atoms with Gasteiger partial charge in [0, 0.05) is 12.6 Å². The van der Waals surface area contributed by atoms with Gasteiger partial charge < -0.3 is 10.6 Å². The number of likely N-dealkylation sites (tertiary alicyclic amines) is 1. The molecule has 2 amide bonds. The molecule has 1 saturated heterocycles. The molecule has 5 nitrogen and oxygen atoms in total. The molecule has 2 aromatic rings. The first-order valence-corrected chi connectivity index (χ1v) is 19.3. The zero-order valence-corrected chi connectivity index (χ0v) is 29.2. The predicted molar refractivity (Wildman–Crippen MR) is 189 cm³/mol. The number of nitrogens with one attached hydrogen (secondary N) is 2. The molecule has 0 radical (unpaired) electrons. The van der Waals surface area contributed by atoms with Crippen LogP contribution in [0, 0.1) is 11.8 Å². The van der Waals surface area contributed by atoms with Gasteiger partial charge in [-0.3, -0.25) is 14.5 Å². The van der Waals surface area contributed by atoms with E-state index in [1.165, 1.54) is 44.9 Å². The maximum absolute atomic E-state index is 13.8. The van der Waals surface area contributed by atoms with Crippen molar-refractivity contribution in [1.82, 2.24) is 15.5 Å². The number of fused-ring (bicyclic) bond motifs is 3. The lowest BCUT2D eigenvalue weighted by Gasteiger charge is -2.38. The van der Waals surface area contributed by atoms with Crippen LogP contribution < -0.4 is 10.6 Å². The molecular formula is C41H56F3N3O2. The normalized spacial score (nSPS) is 24.7. The second-order valence-corrected chi connectivity index (χ2v) is 15.5. The van der Waals surface area contributed by atoms with E-state index in [4.69, 9.17) is 0 Å². The molecule has 3 aliphatic carbocycles. The number of rotatable bonds is 11. The molecule has 0 bridgehead atoms. The predicted octanol–water partition coefficient (Wildman–Crippen LogP) is 9.08. The summed E-state index contributed by atoms with van der Waals surface area (Å²) in [5, 5.41) is 5.76. The molecule has 2 saturated carbocycles. The monoisotopic (exact) mass is 679 g/mol. The number of unbranched alkanes of at least 4 members (excludes halogenated alkanes) is 1. The first kappa shape index (κ1) is 35.9. The van der Waals surface area contributed by atoms with E-state index < -0.39 is 24.0 Å². The number of alkyl halides is 3. The molecule has 268 valence electrons. The molecule has 0 spiro atoms. The molecule has 3 atom stereocenters. The lowest BCUT2D eigenvalue weighted by Crippen LogP contribution is -2.53. The van der Waals surface area contributed by atoms with Gasteiger partial charge in [-0.25, -0.2) is 0 Å². The van der Waals surface area contributed by atoms with Crippen LogP contribution >= 0.6 is 0 Å². The molecular weight excluding hydrogens is 623 g/mol. The molecule has 2 N–H and O–H groups in total. The molecule has 4 aliphatic rings. The number of benzene rings is 2. The lowest BCUT2D eigenvalue weighted by molar-refractivity contribution is -0.141. The van der Waals surface area contributed by atoms with Gasteiger partial charge in [-0.1, -0.05) is 113 Å². The summed E-state index contributed by atoms with van der Waals surface area (Å²) in [6.07, 6.45) is 15.2. The zero-order valence-electron chi connectivity index (χ0n) is 29.2. The summed E-state index contributed by atoms with van der Waals surface area (Å²) in [7, 11) is 0. The quantitative estimate of drug-likeness (QED) is 0.233. The smallest absolute Gasteiger partial charge is 0.352 e. The Balaban J connectivity index is 1.05.